The fraction of sp³-hybridized carbons (Fsp3) is 0.400. The van der Waals surface area contributed by atoms with Gasteiger partial charge in [0.2, 0.25) is 10.0 Å². The molecule has 0 atom stereocenters. The Kier molecular flexibility index (Phi) is 4.64. The topological polar surface area (TPSA) is 81.4 Å². The molecule has 0 aliphatic heterocycles. The van der Waals surface area contributed by atoms with Gasteiger partial charge in [0.15, 0.2) is 0 Å². The van der Waals surface area contributed by atoms with Crippen LogP contribution < -0.4 is 10.5 Å². The van der Waals surface area contributed by atoms with Crippen molar-refractivity contribution in [3.63, 3.8) is 0 Å². The number of hydrogen-bond acceptors (Lipinski definition) is 4. The van der Waals surface area contributed by atoms with Gasteiger partial charge in [0, 0.05) is 12.8 Å². The monoisotopic (exact) mass is 298 g/mol. The van der Waals surface area contributed by atoms with E-state index in [0.717, 1.165) is 6.07 Å². The van der Waals surface area contributed by atoms with Crippen molar-refractivity contribution in [2.75, 3.05) is 29.9 Å². The molecule has 0 bridgehead atoms. The molecule has 108 valence electrons. The summed E-state index contributed by atoms with van der Waals surface area (Å²) in [5.41, 5.74) is 3.48. The summed E-state index contributed by atoms with van der Waals surface area (Å²) in [5.74, 6) is -0.439. The third-order valence-electron chi connectivity index (χ3n) is 2.17. The summed E-state index contributed by atoms with van der Waals surface area (Å²) in [7, 11) is -2.62. The molecule has 0 aromatic heterocycles. The van der Waals surface area contributed by atoms with Gasteiger partial charge in [-0.3, -0.25) is 4.72 Å². The lowest BCUT2D eigenvalue weighted by Crippen LogP contribution is -2.22. The number of halogens is 3. The van der Waals surface area contributed by atoms with Crippen molar-refractivity contribution < 1.29 is 26.3 Å². The lowest BCUT2D eigenvalue weighted by atomic mass is 10.1. The van der Waals surface area contributed by atoms with Crippen molar-refractivity contribution >= 4 is 21.4 Å². The fourth-order valence-corrected chi connectivity index (χ4v) is 2.30. The van der Waals surface area contributed by atoms with E-state index >= 15 is 0 Å². The van der Waals surface area contributed by atoms with E-state index in [-0.39, 0.29) is 12.3 Å². The number of ether oxygens (including phenoxy) is 1. The van der Waals surface area contributed by atoms with Crippen LogP contribution in [0.1, 0.15) is 5.56 Å². The van der Waals surface area contributed by atoms with E-state index in [1.165, 1.54) is 13.2 Å². The van der Waals surface area contributed by atoms with E-state index in [2.05, 4.69) is 4.74 Å². The summed E-state index contributed by atoms with van der Waals surface area (Å²) in [6, 6.07) is 2.83. The molecule has 0 unspecified atom stereocenters. The van der Waals surface area contributed by atoms with Crippen LogP contribution in [-0.2, 0) is 20.9 Å². The second kappa shape index (κ2) is 5.66. The van der Waals surface area contributed by atoms with E-state index in [4.69, 9.17) is 5.73 Å². The highest BCUT2D eigenvalue weighted by atomic mass is 32.2. The zero-order valence-corrected chi connectivity index (χ0v) is 10.8. The van der Waals surface area contributed by atoms with E-state index in [0.29, 0.717) is 6.07 Å². The maximum Gasteiger partial charge on any atom is 0.418 e. The van der Waals surface area contributed by atoms with Gasteiger partial charge in [0.1, 0.15) is 0 Å². The average molecular weight is 298 g/mol. The third-order valence-corrected chi connectivity index (χ3v) is 3.41. The molecular formula is C10H13F3N2O3S. The Bertz CT molecular complexity index is 543. The first-order valence-electron chi connectivity index (χ1n) is 5.12. The Labute approximate surface area is 108 Å². The minimum atomic E-state index is -4.70. The minimum Gasteiger partial charge on any atom is -0.399 e. The zero-order chi connectivity index (χ0) is 14.7. The van der Waals surface area contributed by atoms with Crippen molar-refractivity contribution in [3.05, 3.63) is 23.8 Å². The predicted molar refractivity (Wildman–Crippen MR) is 65.1 cm³/mol. The molecule has 0 aliphatic carbocycles. The number of benzene rings is 1. The number of nitrogens with two attached hydrogens (primary N) is 1. The molecule has 1 aromatic rings. The van der Waals surface area contributed by atoms with Crippen LogP contribution in [0, 0.1) is 0 Å². The summed E-state index contributed by atoms with van der Waals surface area (Å²) in [4.78, 5) is 0. The number of nitrogen functional groups attached to an aromatic ring is 1. The standard InChI is InChI=1S/C10H13F3N2O3S/c1-18-4-5-19(16,17)15-9-3-2-7(14)6-8(9)10(11,12)13/h2-3,6,15H,4-5,14H2,1H3. The highest BCUT2D eigenvalue weighted by molar-refractivity contribution is 7.92. The van der Waals surface area contributed by atoms with Gasteiger partial charge in [0.25, 0.3) is 0 Å². The lowest BCUT2D eigenvalue weighted by molar-refractivity contribution is -0.136. The van der Waals surface area contributed by atoms with Gasteiger partial charge < -0.3 is 10.5 Å². The van der Waals surface area contributed by atoms with Crippen LogP contribution in [0.3, 0.4) is 0 Å². The van der Waals surface area contributed by atoms with Crippen LogP contribution in [0.15, 0.2) is 18.2 Å². The van der Waals surface area contributed by atoms with Gasteiger partial charge in [0.05, 0.1) is 23.6 Å². The number of sulfonamides is 1. The number of anilines is 2. The highest BCUT2D eigenvalue weighted by Gasteiger charge is 2.34. The first-order valence-corrected chi connectivity index (χ1v) is 6.77. The van der Waals surface area contributed by atoms with Gasteiger partial charge in [-0.05, 0) is 18.2 Å². The second-order valence-electron chi connectivity index (χ2n) is 3.72. The SMILES string of the molecule is COCCS(=O)(=O)Nc1ccc(N)cc1C(F)(F)F. The Balaban J connectivity index is 3.08. The largest absolute Gasteiger partial charge is 0.418 e. The molecule has 0 radical (unpaired) electrons. The Hall–Kier alpha value is -1.48. The molecule has 0 spiro atoms. The van der Waals surface area contributed by atoms with Crippen LogP contribution in [0.4, 0.5) is 24.5 Å². The van der Waals surface area contributed by atoms with Crippen LogP contribution >= 0.6 is 0 Å². The number of rotatable bonds is 5. The van der Waals surface area contributed by atoms with Gasteiger partial charge in [-0.25, -0.2) is 8.42 Å². The highest BCUT2D eigenvalue weighted by Crippen LogP contribution is 2.36. The number of methoxy groups -OCH3 is 1. The summed E-state index contributed by atoms with van der Waals surface area (Å²) >= 11 is 0. The van der Waals surface area contributed by atoms with Crippen molar-refractivity contribution in [3.8, 4) is 0 Å². The molecule has 0 aliphatic rings. The Morgan fingerprint density at radius 3 is 2.53 bits per heavy atom. The smallest absolute Gasteiger partial charge is 0.399 e. The maximum atomic E-state index is 12.7. The normalized spacial score (nSPS) is 12.4. The quantitative estimate of drug-likeness (QED) is 0.810. The minimum absolute atomic E-state index is 0.104. The molecule has 0 saturated heterocycles. The molecule has 0 saturated carbocycles. The molecule has 19 heavy (non-hydrogen) atoms. The lowest BCUT2D eigenvalue weighted by Gasteiger charge is -2.15. The van der Waals surface area contributed by atoms with E-state index < -0.39 is 33.2 Å². The van der Waals surface area contributed by atoms with E-state index in [9.17, 15) is 21.6 Å². The average Bonchev–Trinajstić information content (AvgIpc) is 2.27. The molecular weight excluding hydrogens is 285 g/mol. The van der Waals surface area contributed by atoms with Gasteiger partial charge >= 0.3 is 6.18 Å². The summed E-state index contributed by atoms with van der Waals surface area (Å²) in [5, 5.41) is 0. The van der Waals surface area contributed by atoms with Gasteiger partial charge in [-0.15, -0.1) is 0 Å². The molecule has 3 N–H and O–H groups in total. The predicted octanol–water partition coefficient (Wildman–Crippen LogP) is 1.68. The second-order valence-corrected chi connectivity index (χ2v) is 5.56. The van der Waals surface area contributed by atoms with Crippen LogP contribution in [-0.4, -0.2) is 27.9 Å². The van der Waals surface area contributed by atoms with Crippen molar-refractivity contribution in [1.29, 1.82) is 0 Å². The molecule has 0 amide bonds. The molecule has 9 heteroatoms. The Morgan fingerprint density at radius 1 is 1.37 bits per heavy atom. The number of alkyl halides is 3. The molecule has 1 rings (SSSR count). The third kappa shape index (κ3) is 4.60. The van der Waals surface area contributed by atoms with Crippen molar-refractivity contribution in [2.45, 2.75) is 6.18 Å². The number of nitrogens with one attached hydrogen (secondary N) is 1. The van der Waals surface area contributed by atoms with E-state index in [1.807, 2.05) is 4.72 Å². The van der Waals surface area contributed by atoms with Crippen LogP contribution in [0.2, 0.25) is 0 Å². The first kappa shape index (κ1) is 15.6. The zero-order valence-electron chi connectivity index (χ0n) is 9.99. The Morgan fingerprint density at radius 2 is 2.00 bits per heavy atom. The van der Waals surface area contributed by atoms with E-state index in [1.54, 1.807) is 0 Å². The maximum absolute atomic E-state index is 12.7. The molecule has 0 heterocycles. The van der Waals surface area contributed by atoms with Crippen molar-refractivity contribution in [2.24, 2.45) is 0 Å². The number of hydrogen-bond donors (Lipinski definition) is 2. The summed E-state index contributed by atoms with van der Waals surface area (Å²) in [6.07, 6.45) is -4.70. The molecule has 1 aromatic carbocycles. The van der Waals surface area contributed by atoms with Crippen LogP contribution in [0.25, 0.3) is 0 Å². The fourth-order valence-electron chi connectivity index (χ4n) is 1.30. The van der Waals surface area contributed by atoms with Gasteiger partial charge in [-0.1, -0.05) is 0 Å². The molecule has 0 fully saturated rings. The van der Waals surface area contributed by atoms with Crippen molar-refractivity contribution in [1.82, 2.24) is 0 Å². The van der Waals surface area contributed by atoms with Crippen LogP contribution in [0.5, 0.6) is 0 Å². The molecule has 5 nitrogen and oxygen atoms in total. The van der Waals surface area contributed by atoms with Gasteiger partial charge in [-0.2, -0.15) is 13.2 Å². The summed E-state index contributed by atoms with van der Waals surface area (Å²) < 4.78 is 67.7. The summed E-state index contributed by atoms with van der Waals surface area (Å²) in [6.45, 7) is -0.119. The first-order chi connectivity index (χ1) is 8.65.